The second-order valence-electron chi connectivity index (χ2n) is 32.6. The molecule has 0 aromatic rings. The van der Waals surface area contributed by atoms with Crippen molar-refractivity contribution in [3.8, 4) is 0 Å². The summed E-state index contributed by atoms with van der Waals surface area (Å²) in [5.74, 6) is 0.943. The van der Waals surface area contributed by atoms with Crippen molar-refractivity contribution in [2.45, 2.75) is 302 Å². The Balaban J connectivity index is -0.000000251. The topological polar surface area (TPSA) is 68.2 Å². The number of hydrogen-bond acceptors (Lipinski definition) is 7. The van der Waals surface area contributed by atoms with Crippen molar-refractivity contribution in [1.82, 2.24) is 24.5 Å². The number of nitrogens with zero attached hydrogens (tertiary/aromatic N) is 5. The molecule has 74 heavy (non-hydrogen) atoms. The molecule has 0 saturated carbocycles. The minimum absolute atomic E-state index is 0.0156. The van der Waals surface area contributed by atoms with E-state index in [0.29, 0.717) is 32.5 Å². The van der Waals surface area contributed by atoms with Crippen molar-refractivity contribution in [2.75, 3.05) is 92.6 Å². The number of piperidine rings is 1. The highest BCUT2D eigenvalue weighted by molar-refractivity contribution is 4.86. The molecule has 454 valence electrons. The first-order valence-electron chi connectivity index (χ1n) is 31.0. The van der Waals surface area contributed by atoms with E-state index < -0.39 is 0 Å². The normalized spacial score (nSPS) is 16.3. The summed E-state index contributed by atoms with van der Waals surface area (Å²) in [4.78, 5) is 12.4. The summed E-state index contributed by atoms with van der Waals surface area (Å²) in [6.07, 6.45) is 14.5. The van der Waals surface area contributed by atoms with Gasteiger partial charge in [0.05, 0.1) is 0 Å². The molecule has 2 saturated heterocycles. The van der Waals surface area contributed by atoms with Crippen molar-refractivity contribution < 1.29 is 0 Å². The smallest absolute Gasteiger partial charge is 0.0146 e. The maximum Gasteiger partial charge on any atom is 0.0146 e. The van der Waals surface area contributed by atoms with Crippen LogP contribution in [0.25, 0.3) is 0 Å². The molecule has 2 aliphatic rings. The predicted octanol–water partition coefficient (Wildman–Crippen LogP) is 17.9. The van der Waals surface area contributed by atoms with Gasteiger partial charge in [0.15, 0.2) is 0 Å². The molecule has 2 heterocycles. The van der Waals surface area contributed by atoms with Crippen LogP contribution >= 0.6 is 0 Å². The first-order chi connectivity index (χ1) is 32.9. The molecule has 0 aromatic heterocycles. The minimum Gasteiger partial charge on any atom is -0.326 e. The highest BCUT2D eigenvalue weighted by atomic mass is 15.1. The van der Waals surface area contributed by atoms with Crippen LogP contribution in [0, 0.1) is 43.8 Å². The fourth-order valence-electron chi connectivity index (χ4n) is 8.19. The Morgan fingerprint density at radius 1 is 0.486 bits per heavy atom. The molecule has 2 rings (SSSR count). The molecule has 0 aliphatic carbocycles. The number of likely N-dealkylation sites (tertiary alicyclic amines) is 2. The third-order valence-corrected chi connectivity index (χ3v) is 15.2. The third-order valence-electron chi connectivity index (χ3n) is 15.2. The standard InChI is InChI=1S/2C11H25N.2C10H21N.C10H23N.C8H19N.C7H17N/c1-7-10(2)12(6)9-8-11(3,4)5;1-6-12(7-2)10-8-9-11(3,4)5;1-10(2,3)9-5-7-11(4)8-6-9;1-10(2,3)6-9-11-7-4-5-8-11;1-6-11(7-2)9-8-10(3,4)5;1-7(2,3)6-8(4,5)9;1-6(2,3)7(4,5)8/h10H,7-9H2,1-6H3;6-10H2,1-5H3;9H,5-8H2,1-4H3;4-9H2,1-3H3;6-9H2,1-5H3;6,9H2,1-5H3;8H2,1-5H3. The summed E-state index contributed by atoms with van der Waals surface area (Å²) in [7, 11) is 4.44. The van der Waals surface area contributed by atoms with Gasteiger partial charge in [0.1, 0.15) is 0 Å². The van der Waals surface area contributed by atoms with Gasteiger partial charge in [-0.15, -0.1) is 0 Å². The summed E-state index contributed by atoms with van der Waals surface area (Å²) in [5.41, 5.74) is 14.6. The summed E-state index contributed by atoms with van der Waals surface area (Å²) >= 11 is 0. The van der Waals surface area contributed by atoms with Crippen LogP contribution in [-0.2, 0) is 0 Å². The molecule has 1 atom stereocenters. The summed E-state index contributed by atoms with van der Waals surface area (Å²) in [6.45, 7) is 84.7. The van der Waals surface area contributed by atoms with E-state index >= 15 is 0 Å². The average Bonchev–Trinajstić information content (AvgIpc) is 3.73. The molecule has 0 spiro atoms. The Morgan fingerprint density at radius 2 is 0.838 bits per heavy atom. The first-order valence-corrected chi connectivity index (χ1v) is 31.0. The Morgan fingerprint density at radius 3 is 1.11 bits per heavy atom. The number of hydrogen-bond donors (Lipinski definition) is 2. The maximum absolute atomic E-state index is 5.82. The Hall–Kier alpha value is -0.280. The van der Waals surface area contributed by atoms with Gasteiger partial charge in [-0.2, -0.15) is 0 Å². The van der Waals surface area contributed by atoms with Crippen molar-refractivity contribution in [2.24, 2.45) is 55.3 Å². The van der Waals surface area contributed by atoms with E-state index in [2.05, 4.69) is 239 Å². The molecule has 2 fully saturated rings. The summed E-state index contributed by atoms with van der Waals surface area (Å²) in [6, 6.07) is 0.729. The van der Waals surface area contributed by atoms with Crippen LogP contribution in [0.3, 0.4) is 0 Å². The second-order valence-corrected chi connectivity index (χ2v) is 32.6. The highest BCUT2D eigenvalue weighted by Crippen LogP contribution is 2.34. The van der Waals surface area contributed by atoms with E-state index in [-0.39, 0.29) is 16.5 Å². The molecule has 7 heteroatoms. The largest absolute Gasteiger partial charge is 0.326 e. The van der Waals surface area contributed by atoms with Gasteiger partial charge in [-0.1, -0.05) is 180 Å². The van der Waals surface area contributed by atoms with Crippen LogP contribution in [0.1, 0.15) is 285 Å². The van der Waals surface area contributed by atoms with E-state index in [4.69, 9.17) is 11.5 Å². The lowest BCUT2D eigenvalue weighted by Crippen LogP contribution is -2.45. The molecule has 0 amide bonds. The van der Waals surface area contributed by atoms with E-state index in [9.17, 15) is 0 Å². The molecule has 0 bridgehead atoms. The SMILES string of the molecule is CC(C)(C)C(C)(C)N.CC(C)(C)CC(C)(C)N.CC(C)(C)CCN1CCCC1.CCC(C)N(C)CCC(C)(C)C.CCN(CC)CCC(C)(C)C.CCN(CC)CCCC(C)(C)C.CN1CCC(C(C)(C)C)CC1. The zero-order chi connectivity index (χ0) is 59.8. The van der Waals surface area contributed by atoms with Crippen molar-refractivity contribution in [3.63, 3.8) is 0 Å². The van der Waals surface area contributed by atoms with Crippen LogP contribution in [0.2, 0.25) is 0 Å². The monoisotopic (exact) mass is 1050 g/mol. The number of nitrogens with two attached hydrogens (primary N) is 2. The third kappa shape index (κ3) is 60.9. The summed E-state index contributed by atoms with van der Waals surface area (Å²) < 4.78 is 0. The lowest BCUT2D eigenvalue weighted by molar-refractivity contribution is 0.129. The van der Waals surface area contributed by atoms with E-state index in [0.717, 1.165) is 18.4 Å². The van der Waals surface area contributed by atoms with Crippen molar-refractivity contribution in [1.29, 1.82) is 0 Å². The Bertz CT molecular complexity index is 1180. The lowest BCUT2D eigenvalue weighted by atomic mass is 9.75. The molecule has 0 radical (unpaired) electrons. The molecule has 2 aliphatic heterocycles. The van der Waals surface area contributed by atoms with Crippen LogP contribution in [0.4, 0.5) is 0 Å². The lowest BCUT2D eigenvalue weighted by Gasteiger charge is -2.37. The fraction of sp³-hybridized carbons (Fsp3) is 1.00. The van der Waals surface area contributed by atoms with E-state index in [1.165, 1.54) is 143 Å². The van der Waals surface area contributed by atoms with Gasteiger partial charge in [-0.3, -0.25) is 0 Å². The van der Waals surface area contributed by atoms with Crippen LogP contribution < -0.4 is 11.5 Å². The molecule has 4 N–H and O–H groups in total. The predicted molar refractivity (Wildman–Crippen MR) is 344 cm³/mol. The maximum atomic E-state index is 5.82. The quantitative estimate of drug-likeness (QED) is 0.160. The fourth-order valence-corrected chi connectivity index (χ4v) is 8.19. The van der Waals surface area contributed by atoms with E-state index in [1.54, 1.807) is 0 Å². The van der Waals surface area contributed by atoms with Gasteiger partial charge in [-0.05, 0) is 242 Å². The summed E-state index contributed by atoms with van der Waals surface area (Å²) in [5, 5.41) is 0. The van der Waals surface area contributed by atoms with Gasteiger partial charge in [0.25, 0.3) is 0 Å². The van der Waals surface area contributed by atoms with Gasteiger partial charge in [-0.25, -0.2) is 0 Å². The Kier molecular flexibility index (Phi) is 43.7. The zero-order valence-electron chi connectivity index (χ0n) is 58.3. The van der Waals surface area contributed by atoms with Crippen LogP contribution in [-0.4, -0.2) is 134 Å². The van der Waals surface area contributed by atoms with Gasteiger partial charge >= 0.3 is 0 Å². The molecule has 1 unspecified atom stereocenters. The number of rotatable bonds is 16. The Labute approximate surface area is 472 Å². The first kappa shape index (κ1) is 82.6. The molecular weight excluding hydrogens is 903 g/mol. The second kappa shape index (κ2) is 39.2. The minimum atomic E-state index is -0.0625. The average molecular weight is 1050 g/mol. The van der Waals surface area contributed by atoms with Gasteiger partial charge < -0.3 is 36.0 Å². The molecule has 0 aromatic carbocycles. The van der Waals surface area contributed by atoms with E-state index in [1.807, 2.05) is 13.8 Å². The van der Waals surface area contributed by atoms with Crippen molar-refractivity contribution >= 4 is 0 Å². The molecule has 7 nitrogen and oxygen atoms in total. The molecular formula is C67H151N7. The zero-order valence-corrected chi connectivity index (χ0v) is 58.3. The van der Waals surface area contributed by atoms with Crippen LogP contribution in [0.15, 0.2) is 0 Å². The highest BCUT2D eigenvalue weighted by Gasteiger charge is 2.28. The van der Waals surface area contributed by atoms with Crippen molar-refractivity contribution in [3.05, 3.63) is 0 Å². The van der Waals surface area contributed by atoms with Gasteiger partial charge in [0.2, 0.25) is 0 Å². The van der Waals surface area contributed by atoms with Gasteiger partial charge in [0, 0.05) is 17.1 Å². The van der Waals surface area contributed by atoms with Crippen LogP contribution in [0.5, 0.6) is 0 Å².